The van der Waals surface area contributed by atoms with Gasteiger partial charge in [-0.25, -0.2) is 10.4 Å². The first-order valence-corrected chi connectivity index (χ1v) is 10.5. The van der Waals surface area contributed by atoms with Gasteiger partial charge in [-0.15, -0.1) is 0 Å². The summed E-state index contributed by atoms with van der Waals surface area (Å²) in [5.74, 6) is 0.269. The van der Waals surface area contributed by atoms with Gasteiger partial charge in [0.1, 0.15) is 0 Å². The second-order valence-corrected chi connectivity index (χ2v) is 8.68. The number of hydrogen-bond acceptors (Lipinski definition) is 5. The molecule has 148 valence electrons. The largest absolute Gasteiger partial charge is 0.342 e. The van der Waals surface area contributed by atoms with E-state index in [-0.39, 0.29) is 23.0 Å². The number of pyridine rings is 1. The average molecular weight is 399 g/mol. The number of hydrogen-bond donors (Lipinski definition) is 1. The van der Waals surface area contributed by atoms with Crippen LogP contribution < -0.4 is 5.43 Å². The first-order chi connectivity index (χ1) is 13.4. The number of nitrogens with one attached hydrogen (secondary N) is 1. The molecule has 0 spiro atoms. The molecular formula is C21H26N4O2S. The van der Waals surface area contributed by atoms with Gasteiger partial charge in [-0.3, -0.25) is 9.59 Å². The van der Waals surface area contributed by atoms with E-state index >= 15 is 0 Å². The Morgan fingerprint density at radius 2 is 2.11 bits per heavy atom. The molecule has 28 heavy (non-hydrogen) atoms. The summed E-state index contributed by atoms with van der Waals surface area (Å²) in [4.78, 5) is 30.5. The van der Waals surface area contributed by atoms with Crippen molar-refractivity contribution in [3.05, 3.63) is 36.4 Å². The number of hydrazone groups is 1. The molecular weight excluding hydrogens is 372 g/mol. The number of fused-ring (bicyclic) bond motifs is 1. The van der Waals surface area contributed by atoms with Crippen molar-refractivity contribution >= 4 is 40.7 Å². The van der Waals surface area contributed by atoms with Crippen LogP contribution in [0.3, 0.4) is 0 Å². The van der Waals surface area contributed by atoms with E-state index in [2.05, 4.69) is 15.5 Å². The minimum atomic E-state index is -0.298. The van der Waals surface area contributed by atoms with Crippen molar-refractivity contribution in [3.63, 3.8) is 0 Å². The fraction of sp³-hybridized carbons (Fsp3) is 0.429. The fourth-order valence-electron chi connectivity index (χ4n) is 3.14. The van der Waals surface area contributed by atoms with E-state index in [1.54, 1.807) is 6.21 Å². The lowest BCUT2D eigenvalue weighted by atomic mass is 9.93. The number of nitrogens with zero attached hydrogens (tertiary/aromatic N) is 3. The van der Waals surface area contributed by atoms with E-state index in [9.17, 15) is 9.59 Å². The Morgan fingerprint density at radius 1 is 1.29 bits per heavy atom. The molecule has 6 nitrogen and oxygen atoms in total. The van der Waals surface area contributed by atoms with Gasteiger partial charge in [0.05, 0.1) is 16.3 Å². The van der Waals surface area contributed by atoms with E-state index < -0.39 is 0 Å². The minimum absolute atomic E-state index is 0.180. The van der Waals surface area contributed by atoms with Gasteiger partial charge in [-0.05, 0) is 25.0 Å². The van der Waals surface area contributed by atoms with Gasteiger partial charge in [0.15, 0.2) is 0 Å². The van der Waals surface area contributed by atoms with Gasteiger partial charge in [0.25, 0.3) is 0 Å². The molecule has 0 unspecified atom stereocenters. The van der Waals surface area contributed by atoms with Crippen molar-refractivity contribution in [2.45, 2.75) is 38.1 Å². The van der Waals surface area contributed by atoms with Crippen LogP contribution in [0.1, 0.15) is 33.1 Å². The number of likely N-dealkylation sites (tertiary alicyclic amines) is 1. The smallest absolute Gasteiger partial charge is 0.250 e. The van der Waals surface area contributed by atoms with E-state index in [4.69, 9.17) is 0 Å². The van der Waals surface area contributed by atoms with E-state index in [0.29, 0.717) is 13.0 Å². The molecule has 7 heteroatoms. The third kappa shape index (κ3) is 5.79. The number of rotatable bonds is 7. The molecule has 1 aliphatic heterocycles. The third-order valence-corrected chi connectivity index (χ3v) is 5.48. The van der Waals surface area contributed by atoms with Crippen LogP contribution in [0, 0.1) is 5.41 Å². The SMILES string of the molecule is CC(C)(/C=N/NC(=O)CSc1ccc2ccccc2n1)CN1CCCCC1=O. The van der Waals surface area contributed by atoms with Crippen molar-refractivity contribution in [1.82, 2.24) is 15.3 Å². The third-order valence-electron chi connectivity index (χ3n) is 4.55. The zero-order valence-electron chi connectivity index (χ0n) is 16.4. The maximum atomic E-state index is 12.1. The van der Waals surface area contributed by atoms with Crippen molar-refractivity contribution in [2.24, 2.45) is 10.5 Å². The van der Waals surface area contributed by atoms with Crippen LogP contribution in [0.4, 0.5) is 0 Å². The Hall–Kier alpha value is -2.41. The highest BCUT2D eigenvalue weighted by Gasteiger charge is 2.25. The molecule has 2 amide bonds. The number of benzene rings is 1. The van der Waals surface area contributed by atoms with Gasteiger partial charge in [0.2, 0.25) is 11.8 Å². The van der Waals surface area contributed by atoms with E-state index in [1.165, 1.54) is 11.8 Å². The Kier molecular flexibility index (Phi) is 6.67. The number of aromatic nitrogens is 1. The molecule has 1 N–H and O–H groups in total. The fourth-order valence-corrected chi connectivity index (χ4v) is 3.81. The highest BCUT2D eigenvalue weighted by atomic mass is 32.2. The normalized spacial score (nSPS) is 15.4. The molecule has 0 radical (unpaired) electrons. The topological polar surface area (TPSA) is 74.7 Å². The second-order valence-electron chi connectivity index (χ2n) is 7.69. The summed E-state index contributed by atoms with van der Waals surface area (Å²) in [7, 11) is 0. The molecule has 0 saturated carbocycles. The number of carbonyl (C=O) groups is 2. The minimum Gasteiger partial charge on any atom is -0.342 e. The van der Waals surface area contributed by atoms with E-state index in [1.807, 2.05) is 55.1 Å². The average Bonchev–Trinajstić information content (AvgIpc) is 2.68. The second kappa shape index (κ2) is 9.19. The van der Waals surface area contributed by atoms with Crippen molar-refractivity contribution in [2.75, 3.05) is 18.8 Å². The van der Waals surface area contributed by atoms with Crippen LogP contribution in [0.5, 0.6) is 0 Å². The van der Waals surface area contributed by atoms with Crippen LogP contribution in [-0.4, -0.2) is 46.8 Å². The monoisotopic (exact) mass is 398 g/mol. The molecule has 1 saturated heterocycles. The van der Waals surface area contributed by atoms with Crippen LogP contribution in [0.15, 0.2) is 46.5 Å². The lowest BCUT2D eigenvalue weighted by Crippen LogP contribution is -2.42. The predicted octanol–water partition coefficient (Wildman–Crippen LogP) is 3.47. The Bertz CT molecular complexity index is 882. The lowest BCUT2D eigenvalue weighted by Gasteiger charge is -2.32. The Labute approximate surface area is 169 Å². The quantitative estimate of drug-likeness (QED) is 0.440. The van der Waals surface area contributed by atoms with Gasteiger partial charge in [-0.1, -0.05) is 49.9 Å². The molecule has 0 bridgehead atoms. The molecule has 1 aliphatic rings. The molecule has 2 aromatic rings. The summed E-state index contributed by atoms with van der Waals surface area (Å²) >= 11 is 1.38. The zero-order valence-corrected chi connectivity index (χ0v) is 17.2. The van der Waals surface area contributed by atoms with Crippen LogP contribution in [0.25, 0.3) is 10.9 Å². The maximum Gasteiger partial charge on any atom is 0.250 e. The van der Waals surface area contributed by atoms with Crippen LogP contribution in [0.2, 0.25) is 0 Å². The Balaban J connectivity index is 1.46. The molecule has 1 fully saturated rings. The number of amides is 2. The summed E-state index contributed by atoms with van der Waals surface area (Å²) in [5, 5.41) is 5.99. The summed E-state index contributed by atoms with van der Waals surface area (Å²) in [5.41, 5.74) is 3.19. The number of carbonyl (C=O) groups excluding carboxylic acids is 2. The molecule has 1 aromatic heterocycles. The van der Waals surface area contributed by atoms with Crippen LogP contribution in [-0.2, 0) is 9.59 Å². The summed E-state index contributed by atoms with van der Waals surface area (Å²) in [6.45, 7) is 5.44. The standard InChI is InChI=1S/C21H26N4O2S/c1-21(2,15-25-12-6-5-9-20(25)27)14-22-24-18(26)13-28-19-11-10-16-7-3-4-8-17(16)23-19/h3-4,7-8,10-11,14H,5-6,9,12-13,15H2,1-2H3,(H,24,26)/b22-14+. The first-order valence-electron chi connectivity index (χ1n) is 9.52. The van der Waals surface area contributed by atoms with E-state index in [0.717, 1.165) is 35.3 Å². The number of piperidine rings is 1. The first kappa shape index (κ1) is 20.3. The van der Waals surface area contributed by atoms with Crippen molar-refractivity contribution in [1.29, 1.82) is 0 Å². The summed E-state index contributed by atoms with van der Waals surface area (Å²) in [6.07, 6.45) is 4.37. The van der Waals surface area contributed by atoms with Gasteiger partial charge in [-0.2, -0.15) is 5.10 Å². The highest BCUT2D eigenvalue weighted by Crippen LogP contribution is 2.20. The van der Waals surface area contributed by atoms with Gasteiger partial charge >= 0.3 is 0 Å². The van der Waals surface area contributed by atoms with Gasteiger partial charge in [0, 0.05) is 36.5 Å². The summed E-state index contributed by atoms with van der Waals surface area (Å²) in [6, 6.07) is 11.8. The number of thioether (sulfide) groups is 1. The zero-order chi connectivity index (χ0) is 20.0. The molecule has 0 aliphatic carbocycles. The predicted molar refractivity (Wildman–Crippen MR) is 113 cm³/mol. The van der Waals surface area contributed by atoms with Crippen molar-refractivity contribution in [3.8, 4) is 0 Å². The molecule has 0 atom stereocenters. The van der Waals surface area contributed by atoms with Gasteiger partial charge < -0.3 is 4.90 Å². The molecule has 3 rings (SSSR count). The summed E-state index contributed by atoms with van der Waals surface area (Å²) < 4.78 is 0. The number of para-hydroxylation sites is 1. The van der Waals surface area contributed by atoms with Crippen LogP contribution >= 0.6 is 11.8 Å². The lowest BCUT2D eigenvalue weighted by molar-refractivity contribution is -0.134. The maximum absolute atomic E-state index is 12.1. The molecule has 2 heterocycles. The Morgan fingerprint density at radius 3 is 2.93 bits per heavy atom. The van der Waals surface area contributed by atoms with Crippen molar-refractivity contribution < 1.29 is 9.59 Å². The molecule has 1 aromatic carbocycles. The highest BCUT2D eigenvalue weighted by molar-refractivity contribution is 7.99.